The van der Waals surface area contributed by atoms with Crippen LogP contribution >= 0.6 is 23.1 Å². The third-order valence-electron chi connectivity index (χ3n) is 11.3. The van der Waals surface area contributed by atoms with E-state index >= 15 is 0 Å². The number of likely N-dealkylation sites (N-methyl/N-ethyl adjacent to an activating group) is 1. The molecular formula is C44H53N7O3S2. The first-order valence-electron chi connectivity index (χ1n) is 19.9. The minimum absolute atomic E-state index is 0.00835. The zero-order valence-electron chi connectivity index (χ0n) is 32.9. The van der Waals surface area contributed by atoms with Gasteiger partial charge in [0.05, 0.1) is 28.4 Å². The molecule has 56 heavy (non-hydrogen) atoms. The maximum atomic E-state index is 13.5. The van der Waals surface area contributed by atoms with Crippen LogP contribution < -0.4 is 5.32 Å². The quantitative estimate of drug-likeness (QED) is 0.0808. The number of likely N-dealkylation sites (tertiary alicyclic amines) is 2. The average molecular weight is 792 g/mol. The number of nitriles is 1. The van der Waals surface area contributed by atoms with Crippen molar-refractivity contribution < 1.29 is 14.0 Å². The summed E-state index contributed by atoms with van der Waals surface area (Å²) in [6, 6.07) is 21.0. The Bertz CT molecular complexity index is 2010. The normalized spacial score (nSPS) is 18.4. The standard InChI is InChI=1S/C44H53N7O3S2/c1-44(2,3)37-26-46-38(54-37)29-55-39-27-47-43(56-39)48-41(52)34-16-22-51(23-17-34)36-18-20-50(21-19-36)28-31-10-12-32(13-11-31)40(33-14-15-33)49(4)42(53)35(25-45)24-30-8-6-5-7-9-30/h5-13,24,26-27,33-34,36,40H,14-23,28-29H2,1-4H3,(H,47,48,52). The number of nitrogens with one attached hydrogen (secondary N) is 1. The van der Waals surface area contributed by atoms with Crippen LogP contribution in [0.1, 0.15) is 93.7 Å². The summed E-state index contributed by atoms with van der Waals surface area (Å²) in [6.45, 7) is 11.2. The number of rotatable bonds is 13. The Kier molecular flexibility index (Phi) is 12.8. The molecule has 0 bridgehead atoms. The topological polar surface area (TPSA) is 119 Å². The number of hydrogen-bond donors (Lipinski definition) is 1. The summed E-state index contributed by atoms with van der Waals surface area (Å²) in [6.07, 6.45) is 11.5. The molecule has 12 heteroatoms. The van der Waals surface area contributed by atoms with E-state index in [0.717, 1.165) is 92.3 Å². The highest BCUT2D eigenvalue weighted by Crippen LogP contribution is 2.44. The second-order valence-electron chi connectivity index (χ2n) is 16.5. The van der Waals surface area contributed by atoms with Gasteiger partial charge in [0.1, 0.15) is 17.4 Å². The van der Waals surface area contributed by atoms with Crippen LogP contribution in [-0.4, -0.2) is 75.8 Å². The van der Waals surface area contributed by atoms with Gasteiger partial charge in [-0.3, -0.25) is 14.5 Å². The van der Waals surface area contributed by atoms with Crippen molar-refractivity contribution >= 4 is 46.1 Å². The summed E-state index contributed by atoms with van der Waals surface area (Å²) in [5, 5.41) is 13.6. The van der Waals surface area contributed by atoms with Crippen molar-refractivity contribution in [2.75, 3.05) is 38.5 Å². The zero-order valence-corrected chi connectivity index (χ0v) is 34.6. The first kappa shape index (κ1) is 39.9. The number of thiazole rings is 1. The van der Waals surface area contributed by atoms with E-state index in [9.17, 15) is 14.9 Å². The second-order valence-corrected chi connectivity index (χ2v) is 18.8. The highest BCUT2D eigenvalue weighted by molar-refractivity contribution is 8.00. The zero-order chi connectivity index (χ0) is 39.2. The number of carbonyl (C=O) groups excluding carboxylic acids is 2. The summed E-state index contributed by atoms with van der Waals surface area (Å²) in [5.41, 5.74) is 3.34. The molecule has 2 aromatic heterocycles. The molecule has 10 nitrogen and oxygen atoms in total. The third kappa shape index (κ3) is 10.2. The van der Waals surface area contributed by atoms with Crippen LogP contribution in [0.25, 0.3) is 6.08 Å². The lowest BCUT2D eigenvalue weighted by atomic mass is 9.92. The first-order chi connectivity index (χ1) is 27.0. The van der Waals surface area contributed by atoms with E-state index in [4.69, 9.17) is 4.42 Å². The molecule has 1 N–H and O–H groups in total. The Labute approximate surface area is 339 Å². The fourth-order valence-electron chi connectivity index (χ4n) is 7.89. The van der Waals surface area contributed by atoms with E-state index in [0.29, 0.717) is 28.7 Å². The molecule has 2 amide bonds. The molecule has 0 spiro atoms. The van der Waals surface area contributed by atoms with Gasteiger partial charge in [0, 0.05) is 31.0 Å². The maximum Gasteiger partial charge on any atom is 0.264 e. The molecule has 1 aliphatic carbocycles. The largest absolute Gasteiger partial charge is 0.444 e. The molecule has 1 saturated carbocycles. The molecule has 3 aliphatic rings. The van der Waals surface area contributed by atoms with Crippen molar-refractivity contribution in [1.82, 2.24) is 24.7 Å². The van der Waals surface area contributed by atoms with E-state index in [1.807, 2.05) is 49.8 Å². The van der Waals surface area contributed by atoms with Gasteiger partial charge < -0.3 is 19.5 Å². The van der Waals surface area contributed by atoms with Crippen molar-refractivity contribution in [2.24, 2.45) is 11.8 Å². The van der Waals surface area contributed by atoms with E-state index in [-0.39, 0.29) is 34.8 Å². The second kappa shape index (κ2) is 17.9. The average Bonchev–Trinajstić information content (AvgIpc) is 3.72. The molecule has 4 aromatic rings. The first-order valence-corrected chi connectivity index (χ1v) is 21.7. The van der Waals surface area contributed by atoms with E-state index in [1.165, 1.54) is 16.9 Å². The summed E-state index contributed by atoms with van der Waals surface area (Å²) in [4.78, 5) is 42.5. The summed E-state index contributed by atoms with van der Waals surface area (Å²) in [7, 11) is 1.83. The van der Waals surface area contributed by atoms with Gasteiger partial charge >= 0.3 is 0 Å². The summed E-state index contributed by atoms with van der Waals surface area (Å²) in [5.74, 6) is 2.47. The van der Waals surface area contributed by atoms with Gasteiger partial charge in [-0.15, -0.1) is 11.8 Å². The van der Waals surface area contributed by atoms with Gasteiger partial charge in [-0.1, -0.05) is 86.7 Å². The number of thioether (sulfide) groups is 1. The fraction of sp³-hybridized carbons (Fsp3) is 0.477. The lowest BCUT2D eigenvalue weighted by Crippen LogP contribution is -2.48. The molecule has 2 aliphatic heterocycles. The summed E-state index contributed by atoms with van der Waals surface area (Å²) < 4.78 is 6.93. The smallest absolute Gasteiger partial charge is 0.264 e. The van der Waals surface area contributed by atoms with Crippen LogP contribution in [0, 0.1) is 23.2 Å². The van der Waals surface area contributed by atoms with Gasteiger partial charge in [-0.2, -0.15) is 5.26 Å². The van der Waals surface area contributed by atoms with Crippen LogP contribution in [0.5, 0.6) is 0 Å². The minimum Gasteiger partial charge on any atom is -0.444 e. The van der Waals surface area contributed by atoms with Crippen molar-refractivity contribution in [3.63, 3.8) is 0 Å². The van der Waals surface area contributed by atoms with Crippen LogP contribution in [0.4, 0.5) is 5.13 Å². The van der Waals surface area contributed by atoms with Crippen molar-refractivity contribution in [3.8, 4) is 6.07 Å². The van der Waals surface area contributed by atoms with Gasteiger partial charge in [-0.25, -0.2) is 9.97 Å². The van der Waals surface area contributed by atoms with Crippen molar-refractivity contribution in [2.45, 2.75) is 93.3 Å². The van der Waals surface area contributed by atoms with Crippen LogP contribution in [0.2, 0.25) is 0 Å². The van der Waals surface area contributed by atoms with Gasteiger partial charge in [0.25, 0.3) is 5.91 Å². The molecule has 0 radical (unpaired) electrons. The Morgan fingerprint density at radius 1 is 1.00 bits per heavy atom. The highest BCUT2D eigenvalue weighted by Gasteiger charge is 2.38. The Morgan fingerprint density at radius 2 is 1.71 bits per heavy atom. The molecule has 2 aromatic carbocycles. The molecule has 3 fully saturated rings. The molecule has 294 valence electrons. The fourth-order valence-corrected chi connectivity index (χ4v) is 9.62. The maximum absolute atomic E-state index is 13.5. The number of anilines is 1. The lowest BCUT2D eigenvalue weighted by Gasteiger charge is -2.41. The number of piperidine rings is 2. The van der Waals surface area contributed by atoms with Gasteiger partial charge in [-0.05, 0) is 93.4 Å². The summed E-state index contributed by atoms with van der Waals surface area (Å²) >= 11 is 3.12. The molecule has 4 heterocycles. The number of benzene rings is 2. The van der Waals surface area contributed by atoms with E-state index in [1.54, 1.807) is 22.7 Å². The van der Waals surface area contributed by atoms with Crippen molar-refractivity contribution in [1.29, 1.82) is 5.26 Å². The Morgan fingerprint density at radius 3 is 2.36 bits per heavy atom. The molecule has 7 rings (SSSR count). The minimum atomic E-state index is -0.234. The number of hydrogen-bond acceptors (Lipinski definition) is 10. The number of carbonyl (C=O) groups is 2. The predicted molar refractivity (Wildman–Crippen MR) is 223 cm³/mol. The Hall–Kier alpha value is -4.28. The van der Waals surface area contributed by atoms with Gasteiger partial charge in [0.15, 0.2) is 5.13 Å². The molecule has 1 unspecified atom stereocenters. The van der Waals surface area contributed by atoms with Crippen LogP contribution in [0.3, 0.4) is 0 Å². The Balaban J connectivity index is 0.834. The third-order valence-corrected chi connectivity index (χ3v) is 13.4. The van der Waals surface area contributed by atoms with Crippen LogP contribution in [-0.2, 0) is 27.3 Å². The SMILES string of the molecule is CN(C(=O)C(C#N)=Cc1ccccc1)C(c1ccc(CN2CCC(N3CCC(C(=O)Nc4ncc(SCc5ncc(C(C)(C)C)o5)s4)CC3)CC2)cc1)C1CC1. The number of aromatic nitrogens is 2. The van der Waals surface area contributed by atoms with Crippen molar-refractivity contribution in [3.05, 3.63) is 101 Å². The lowest BCUT2D eigenvalue weighted by molar-refractivity contribution is -0.128. The number of nitrogens with zero attached hydrogens (tertiary/aromatic N) is 6. The molecular weight excluding hydrogens is 739 g/mol. The monoisotopic (exact) mass is 791 g/mol. The molecule has 1 atom stereocenters. The van der Waals surface area contributed by atoms with E-state index in [2.05, 4.69) is 76.2 Å². The van der Waals surface area contributed by atoms with E-state index < -0.39 is 0 Å². The number of amides is 2. The van der Waals surface area contributed by atoms with Gasteiger partial charge in [0.2, 0.25) is 11.8 Å². The highest BCUT2D eigenvalue weighted by atomic mass is 32.2. The van der Waals surface area contributed by atoms with Crippen LogP contribution in [0.15, 0.2) is 81.2 Å². The predicted octanol–water partition coefficient (Wildman–Crippen LogP) is 8.55. The molecule has 2 saturated heterocycles. The number of oxazole rings is 1.